The summed E-state index contributed by atoms with van der Waals surface area (Å²) in [5.74, 6) is 0.174. The Balaban J connectivity index is 2.84. The van der Waals surface area contributed by atoms with Gasteiger partial charge in [-0.2, -0.15) is 0 Å². The zero-order chi connectivity index (χ0) is 13.9. The highest BCUT2D eigenvalue weighted by atomic mass is 16.6. The molecular weight excluding hydrogens is 230 g/mol. The van der Waals surface area contributed by atoms with Crippen molar-refractivity contribution in [2.24, 2.45) is 5.41 Å². The van der Waals surface area contributed by atoms with E-state index in [0.29, 0.717) is 18.4 Å². The van der Waals surface area contributed by atoms with Crippen LogP contribution in [0, 0.1) is 22.5 Å². The van der Waals surface area contributed by atoms with Gasteiger partial charge < -0.3 is 0 Å². The van der Waals surface area contributed by atoms with Crippen molar-refractivity contribution in [3.8, 4) is 0 Å². The van der Waals surface area contributed by atoms with Crippen molar-refractivity contribution in [1.29, 1.82) is 0 Å². The van der Waals surface area contributed by atoms with Crippen molar-refractivity contribution in [1.82, 2.24) is 0 Å². The standard InChI is InChI=1S/C14H19NO3/c1-10-11(6-5-7-12(10)15(17)18)8-9-13(16)14(2,3)4/h5-7H,8-9H2,1-4H3. The molecule has 0 amide bonds. The molecule has 98 valence electrons. The average molecular weight is 249 g/mol. The molecule has 0 atom stereocenters. The Morgan fingerprint density at radius 3 is 2.44 bits per heavy atom. The van der Waals surface area contributed by atoms with Gasteiger partial charge in [0, 0.05) is 23.5 Å². The molecule has 1 aromatic carbocycles. The zero-order valence-electron chi connectivity index (χ0n) is 11.3. The number of carbonyl (C=O) groups excluding carboxylic acids is 1. The Morgan fingerprint density at radius 1 is 1.33 bits per heavy atom. The van der Waals surface area contributed by atoms with E-state index >= 15 is 0 Å². The number of hydrogen-bond donors (Lipinski definition) is 0. The minimum atomic E-state index is -0.385. The van der Waals surface area contributed by atoms with E-state index < -0.39 is 0 Å². The smallest absolute Gasteiger partial charge is 0.272 e. The summed E-state index contributed by atoms with van der Waals surface area (Å²) in [5.41, 5.74) is 1.30. The highest BCUT2D eigenvalue weighted by molar-refractivity contribution is 5.83. The Kier molecular flexibility index (Phi) is 4.22. The van der Waals surface area contributed by atoms with Gasteiger partial charge in [0.05, 0.1) is 4.92 Å². The lowest BCUT2D eigenvalue weighted by Crippen LogP contribution is -2.20. The number of nitro groups is 1. The highest BCUT2D eigenvalue weighted by Gasteiger charge is 2.21. The fourth-order valence-corrected chi connectivity index (χ4v) is 1.76. The number of benzene rings is 1. The predicted octanol–water partition coefficient (Wildman–Crippen LogP) is 3.45. The Hall–Kier alpha value is -1.71. The van der Waals surface area contributed by atoms with Gasteiger partial charge in [-0.05, 0) is 18.9 Å². The molecule has 0 N–H and O–H groups in total. The maximum atomic E-state index is 11.8. The summed E-state index contributed by atoms with van der Waals surface area (Å²) < 4.78 is 0. The quantitative estimate of drug-likeness (QED) is 0.606. The van der Waals surface area contributed by atoms with Gasteiger partial charge in [0.2, 0.25) is 0 Å². The van der Waals surface area contributed by atoms with E-state index in [9.17, 15) is 14.9 Å². The van der Waals surface area contributed by atoms with E-state index in [-0.39, 0.29) is 21.8 Å². The molecule has 0 heterocycles. The molecule has 0 aliphatic rings. The average Bonchev–Trinajstić information content (AvgIpc) is 2.25. The molecule has 0 fully saturated rings. The lowest BCUT2D eigenvalue weighted by atomic mass is 9.87. The van der Waals surface area contributed by atoms with E-state index in [1.165, 1.54) is 6.07 Å². The molecule has 4 nitrogen and oxygen atoms in total. The fraction of sp³-hybridized carbons (Fsp3) is 0.500. The molecule has 0 spiro atoms. The summed E-state index contributed by atoms with van der Waals surface area (Å²) in [4.78, 5) is 22.3. The third-order valence-electron chi connectivity index (χ3n) is 3.07. The van der Waals surface area contributed by atoms with Crippen LogP contribution in [0.3, 0.4) is 0 Å². The lowest BCUT2D eigenvalue weighted by molar-refractivity contribution is -0.385. The molecule has 0 bridgehead atoms. The summed E-state index contributed by atoms with van der Waals surface area (Å²) in [5, 5.41) is 10.8. The minimum Gasteiger partial charge on any atom is -0.299 e. The van der Waals surface area contributed by atoms with E-state index in [0.717, 1.165) is 5.56 Å². The van der Waals surface area contributed by atoms with Crippen LogP contribution < -0.4 is 0 Å². The van der Waals surface area contributed by atoms with Crippen LogP contribution in [-0.2, 0) is 11.2 Å². The second-order valence-corrected chi connectivity index (χ2v) is 5.49. The van der Waals surface area contributed by atoms with Crippen LogP contribution in [0.5, 0.6) is 0 Å². The molecule has 0 saturated carbocycles. The molecule has 18 heavy (non-hydrogen) atoms. The third-order valence-corrected chi connectivity index (χ3v) is 3.07. The van der Waals surface area contributed by atoms with Crippen molar-refractivity contribution in [3.05, 3.63) is 39.4 Å². The first-order valence-electron chi connectivity index (χ1n) is 5.99. The number of nitrogens with zero attached hydrogens (tertiary/aromatic N) is 1. The molecule has 0 radical (unpaired) electrons. The number of carbonyl (C=O) groups is 1. The van der Waals surface area contributed by atoms with Crippen LogP contribution in [0.1, 0.15) is 38.3 Å². The molecule has 4 heteroatoms. The number of ketones is 1. The first-order chi connectivity index (χ1) is 8.23. The lowest BCUT2D eigenvalue weighted by Gasteiger charge is -2.16. The normalized spacial score (nSPS) is 11.3. The third kappa shape index (κ3) is 3.39. The SMILES string of the molecule is Cc1c(CCC(=O)C(C)(C)C)cccc1[N+](=O)[O-]. The van der Waals surface area contributed by atoms with Crippen molar-refractivity contribution in [2.75, 3.05) is 0 Å². The maximum Gasteiger partial charge on any atom is 0.272 e. The van der Waals surface area contributed by atoms with Gasteiger partial charge in [0.25, 0.3) is 5.69 Å². The van der Waals surface area contributed by atoms with E-state index in [1.54, 1.807) is 13.0 Å². The van der Waals surface area contributed by atoms with Gasteiger partial charge in [-0.15, -0.1) is 0 Å². The molecule has 0 aromatic heterocycles. The summed E-state index contributed by atoms with van der Waals surface area (Å²) >= 11 is 0. The summed E-state index contributed by atoms with van der Waals surface area (Å²) in [6.07, 6.45) is 0.981. The van der Waals surface area contributed by atoms with E-state index in [1.807, 2.05) is 26.8 Å². The summed E-state index contributed by atoms with van der Waals surface area (Å²) in [7, 11) is 0. The molecule has 0 unspecified atom stereocenters. The summed E-state index contributed by atoms with van der Waals surface area (Å²) in [6.45, 7) is 7.38. The van der Waals surface area contributed by atoms with Crippen molar-refractivity contribution in [2.45, 2.75) is 40.5 Å². The number of Topliss-reactive ketones (excluding diaryl/α,β-unsaturated/α-hetero) is 1. The molecule has 0 aliphatic carbocycles. The number of rotatable bonds is 4. The Bertz CT molecular complexity index is 472. The van der Waals surface area contributed by atoms with Crippen molar-refractivity contribution in [3.63, 3.8) is 0 Å². The van der Waals surface area contributed by atoms with Crippen molar-refractivity contribution < 1.29 is 9.72 Å². The Labute approximate surface area is 107 Å². The summed E-state index contributed by atoms with van der Waals surface area (Å²) in [6, 6.07) is 5.00. The van der Waals surface area contributed by atoms with Gasteiger partial charge in [-0.1, -0.05) is 32.9 Å². The van der Waals surface area contributed by atoms with E-state index in [2.05, 4.69) is 0 Å². The van der Waals surface area contributed by atoms with Gasteiger partial charge >= 0.3 is 0 Å². The van der Waals surface area contributed by atoms with Crippen LogP contribution in [0.2, 0.25) is 0 Å². The van der Waals surface area contributed by atoms with Crippen LogP contribution in [0.4, 0.5) is 5.69 Å². The maximum absolute atomic E-state index is 11.8. The minimum absolute atomic E-state index is 0.121. The second-order valence-electron chi connectivity index (χ2n) is 5.49. The van der Waals surface area contributed by atoms with E-state index in [4.69, 9.17) is 0 Å². The van der Waals surface area contributed by atoms with Crippen LogP contribution in [-0.4, -0.2) is 10.7 Å². The van der Waals surface area contributed by atoms with Crippen molar-refractivity contribution >= 4 is 11.5 Å². The van der Waals surface area contributed by atoms with Gasteiger partial charge in [-0.25, -0.2) is 0 Å². The highest BCUT2D eigenvalue weighted by Crippen LogP contribution is 2.24. The molecule has 0 saturated heterocycles. The second kappa shape index (κ2) is 5.29. The molecule has 0 aliphatic heterocycles. The zero-order valence-corrected chi connectivity index (χ0v) is 11.3. The van der Waals surface area contributed by atoms with Crippen LogP contribution in [0.15, 0.2) is 18.2 Å². The first-order valence-corrected chi connectivity index (χ1v) is 5.99. The fourth-order valence-electron chi connectivity index (χ4n) is 1.76. The molecular formula is C14H19NO3. The monoisotopic (exact) mass is 249 g/mol. The predicted molar refractivity (Wildman–Crippen MR) is 70.6 cm³/mol. The van der Waals surface area contributed by atoms with Crippen LogP contribution in [0.25, 0.3) is 0 Å². The Morgan fingerprint density at radius 2 is 1.94 bits per heavy atom. The topological polar surface area (TPSA) is 60.2 Å². The van der Waals surface area contributed by atoms with Gasteiger partial charge in [-0.3, -0.25) is 14.9 Å². The molecule has 1 rings (SSSR count). The number of hydrogen-bond acceptors (Lipinski definition) is 3. The number of aryl methyl sites for hydroxylation is 1. The molecule has 1 aromatic rings. The number of nitro benzene ring substituents is 1. The van der Waals surface area contributed by atoms with Crippen LogP contribution >= 0.6 is 0 Å². The largest absolute Gasteiger partial charge is 0.299 e. The van der Waals surface area contributed by atoms with Gasteiger partial charge in [0.15, 0.2) is 0 Å². The van der Waals surface area contributed by atoms with Gasteiger partial charge in [0.1, 0.15) is 5.78 Å². The first kappa shape index (κ1) is 14.4.